The van der Waals surface area contributed by atoms with Crippen molar-refractivity contribution in [3.63, 3.8) is 0 Å². The van der Waals surface area contributed by atoms with Gasteiger partial charge < -0.3 is 16.0 Å². The molecule has 7 heteroatoms. The highest BCUT2D eigenvalue weighted by atomic mass is 35.5. The number of halogens is 2. The van der Waals surface area contributed by atoms with E-state index in [0.29, 0.717) is 11.4 Å². The summed E-state index contributed by atoms with van der Waals surface area (Å²) in [6, 6.07) is 7.13. The van der Waals surface area contributed by atoms with Crippen molar-refractivity contribution in [1.29, 1.82) is 0 Å². The molecule has 2 unspecified atom stereocenters. The van der Waals surface area contributed by atoms with Crippen LogP contribution in [0.25, 0.3) is 0 Å². The fourth-order valence-corrected chi connectivity index (χ4v) is 6.24. The van der Waals surface area contributed by atoms with Crippen LogP contribution < -0.4 is 16.0 Å². The minimum atomic E-state index is -0.900. The maximum atomic E-state index is 14.4. The maximum Gasteiger partial charge on any atom is 0.228 e. The number of pyridine rings is 1. The molecule has 0 radical (unpaired) electrons. The van der Waals surface area contributed by atoms with Crippen LogP contribution in [-0.2, 0) is 10.5 Å². The van der Waals surface area contributed by atoms with Gasteiger partial charge in [0.1, 0.15) is 11.5 Å². The summed E-state index contributed by atoms with van der Waals surface area (Å²) in [6.07, 6.45) is 14.6. The second-order valence-electron chi connectivity index (χ2n) is 9.83. The zero-order valence-electron chi connectivity index (χ0n) is 18.9. The van der Waals surface area contributed by atoms with Crippen LogP contribution in [0.3, 0.4) is 0 Å². The molecule has 1 amide bonds. The summed E-state index contributed by atoms with van der Waals surface area (Å²) in [4.78, 5) is 18.3. The SMILES string of the molecule is O=C(NC1CCCCC1)C(C1CCCCC1)C1(c2ccncc2)Nc2cc(F)c(Cl)cc2N1. The molecular formula is C26H32ClFN4O. The molecule has 33 heavy (non-hydrogen) atoms. The van der Waals surface area contributed by atoms with E-state index >= 15 is 0 Å². The van der Waals surface area contributed by atoms with Crippen LogP contribution in [0.1, 0.15) is 69.8 Å². The van der Waals surface area contributed by atoms with Crippen molar-refractivity contribution in [2.45, 2.75) is 75.9 Å². The van der Waals surface area contributed by atoms with Gasteiger partial charge in [0.25, 0.3) is 0 Å². The third-order valence-electron chi connectivity index (χ3n) is 7.68. The Bertz CT molecular complexity index is 958. The summed E-state index contributed by atoms with van der Waals surface area (Å²) < 4.78 is 14.4. The van der Waals surface area contributed by atoms with Crippen molar-refractivity contribution in [3.8, 4) is 0 Å². The van der Waals surface area contributed by atoms with Gasteiger partial charge in [0.2, 0.25) is 5.91 Å². The second-order valence-corrected chi connectivity index (χ2v) is 10.2. The number of anilines is 2. The van der Waals surface area contributed by atoms with E-state index < -0.39 is 11.5 Å². The third-order valence-corrected chi connectivity index (χ3v) is 7.97. The first-order chi connectivity index (χ1) is 16.1. The van der Waals surface area contributed by atoms with Crippen molar-refractivity contribution in [1.82, 2.24) is 10.3 Å². The number of fused-ring (bicyclic) bond motifs is 1. The van der Waals surface area contributed by atoms with Crippen molar-refractivity contribution in [2.75, 3.05) is 10.6 Å². The number of hydrogen-bond donors (Lipinski definition) is 3. The fraction of sp³-hybridized carbons (Fsp3) is 0.538. The van der Waals surface area contributed by atoms with Crippen LogP contribution in [0.15, 0.2) is 36.7 Å². The van der Waals surface area contributed by atoms with E-state index in [4.69, 9.17) is 11.6 Å². The number of nitrogens with zero attached hydrogens (tertiary/aromatic N) is 1. The molecular weight excluding hydrogens is 439 g/mol. The summed E-state index contributed by atoms with van der Waals surface area (Å²) >= 11 is 6.12. The first kappa shape index (κ1) is 22.5. The minimum absolute atomic E-state index is 0.0643. The molecule has 2 aliphatic carbocycles. The number of hydrogen-bond acceptors (Lipinski definition) is 4. The van der Waals surface area contributed by atoms with Crippen molar-refractivity contribution in [3.05, 3.63) is 53.1 Å². The zero-order chi connectivity index (χ0) is 22.8. The van der Waals surface area contributed by atoms with Gasteiger partial charge in [-0.05, 0) is 49.8 Å². The molecule has 2 saturated carbocycles. The molecule has 0 spiro atoms. The predicted molar refractivity (Wildman–Crippen MR) is 130 cm³/mol. The summed E-state index contributed by atoms with van der Waals surface area (Å²) in [7, 11) is 0. The highest BCUT2D eigenvalue weighted by molar-refractivity contribution is 6.31. The molecule has 0 saturated heterocycles. The van der Waals surface area contributed by atoms with Gasteiger partial charge in [-0.3, -0.25) is 9.78 Å². The Hall–Kier alpha value is -2.34. The Morgan fingerprint density at radius 2 is 1.61 bits per heavy atom. The highest BCUT2D eigenvalue weighted by Crippen LogP contribution is 2.49. The Labute approximate surface area is 199 Å². The van der Waals surface area contributed by atoms with Gasteiger partial charge in [-0.25, -0.2) is 4.39 Å². The van der Waals surface area contributed by atoms with E-state index in [-0.39, 0.29) is 28.8 Å². The number of nitrogens with one attached hydrogen (secondary N) is 3. The lowest BCUT2D eigenvalue weighted by molar-refractivity contribution is -0.130. The molecule has 176 valence electrons. The molecule has 5 nitrogen and oxygen atoms in total. The first-order valence-electron chi connectivity index (χ1n) is 12.3. The van der Waals surface area contributed by atoms with Gasteiger partial charge >= 0.3 is 0 Å². The van der Waals surface area contributed by atoms with E-state index in [0.717, 1.165) is 56.9 Å². The number of amides is 1. The lowest BCUT2D eigenvalue weighted by atomic mass is 9.71. The average molecular weight is 471 g/mol. The Balaban J connectivity index is 1.57. The van der Waals surface area contributed by atoms with Crippen molar-refractivity contribution < 1.29 is 9.18 Å². The molecule has 3 N–H and O–H groups in total. The molecule has 2 heterocycles. The van der Waals surface area contributed by atoms with Crippen LogP contribution in [0.5, 0.6) is 0 Å². The lowest BCUT2D eigenvalue weighted by Gasteiger charge is -2.44. The standard InChI is InChI=1S/C26H32ClFN4O/c27-20-15-22-23(16-21(20)28)32-26(31-22,18-11-13-29-14-12-18)24(17-7-3-1-4-8-17)25(33)30-19-9-5-2-6-10-19/h11-17,19,24,31-32H,1-10H2,(H,30,33). The average Bonchev–Trinajstić information content (AvgIpc) is 3.20. The molecule has 3 aliphatic rings. The normalized spacial score (nSPS) is 24.4. The predicted octanol–water partition coefficient (Wildman–Crippen LogP) is 6.21. The van der Waals surface area contributed by atoms with E-state index in [1.165, 1.54) is 18.9 Å². The Morgan fingerprint density at radius 3 is 2.27 bits per heavy atom. The highest BCUT2D eigenvalue weighted by Gasteiger charge is 2.52. The Morgan fingerprint density at radius 1 is 1.00 bits per heavy atom. The van der Waals surface area contributed by atoms with E-state index in [2.05, 4.69) is 20.9 Å². The van der Waals surface area contributed by atoms with Crippen LogP contribution in [-0.4, -0.2) is 16.9 Å². The molecule has 0 bridgehead atoms. The van der Waals surface area contributed by atoms with E-state index in [9.17, 15) is 9.18 Å². The van der Waals surface area contributed by atoms with Crippen molar-refractivity contribution >= 4 is 28.9 Å². The molecule has 1 aromatic carbocycles. The van der Waals surface area contributed by atoms with E-state index in [1.807, 2.05) is 12.1 Å². The van der Waals surface area contributed by atoms with Gasteiger partial charge in [-0.2, -0.15) is 0 Å². The van der Waals surface area contributed by atoms with E-state index in [1.54, 1.807) is 18.5 Å². The van der Waals surface area contributed by atoms with Crippen LogP contribution in [0.4, 0.5) is 15.8 Å². The lowest BCUT2D eigenvalue weighted by Crippen LogP contribution is -2.56. The smallest absolute Gasteiger partial charge is 0.228 e. The monoisotopic (exact) mass is 470 g/mol. The van der Waals surface area contributed by atoms with Gasteiger partial charge in [0.15, 0.2) is 0 Å². The van der Waals surface area contributed by atoms with Crippen LogP contribution >= 0.6 is 11.6 Å². The number of rotatable bonds is 5. The van der Waals surface area contributed by atoms with Gasteiger partial charge in [0, 0.05) is 30.1 Å². The number of aromatic nitrogens is 1. The van der Waals surface area contributed by atoms with Gasteiger partial charge in [-0.15, -0.1) is 0 Å². The van der Waals surface area contributed by atoms with Gasteiger partial charge in [-0.1, -0.05) is 50.1 Å². The maximum absolute atomic E-state index is 14.4. The van der Waals surface area contributed by atoms with Gasteiger partial charge in [0.05, 0.1) is 22.3 Å². The third kappa shape index (κ3) is 4.42. The molecule has 5 rings (SSSR count). The number of benzene rings is 1. The number of carbonyl (C=O) groups excluding carboxylic acids is 1. The quantitative estimate of drug-likeness (QED) is 0.486. The largest absolute Gasteiger partial charge is 0.357 e. The first-order valence-corrected chi connectivity index (χ1v) is 12.7. The second kappa shape index (κ2) is 9.49. The molecule has 1 aromatic heterocycles. The minimum Gasteiger partial charge on any atom is -0.357 e. The fourth-order valence-electron chi connectivity index (χ4n) is 6.07. The zero-order valence-corrected chi connectivity index (χ0v) is 19.6. The van der Waals surface area contributed by atoms with Crippen LogP contribution in [0, 0.1) is 17.7 Å². The van der Waals surface area contributed by atoms with Crippen LogP contribution in [0.2, 0.25) is 5.02 Å². The molecule has 2 aromatic rings. The molecule has 2 fully saturated rings. The summed E-state index contributed by atoms with van der Waals surface area (Å²) in [5, 5.41) is 10.6. The summed E-state index contributed by atoms with van der Waals surface area (Å²) in [6.45, 7) is 0. The van der Waals surface area contributed by atoms with Crippen molar-refractivity contribution in [2.24, 2.45) is 11.8 Å². The summed E-state index contributed by atoms with van der Waals surface area (Å²) in [5.41, 5.74) is 1.35. The summed E-state index contributed by atoms with van der Waals surface area (Å²) in [5.74, 6) is -0.553. The molecule has 2 atom stereocenters. The topological polar surface area (TPSA) is 66.0 Å². The number of carbonyl (C=O) groups is 1. The molecule has 1 aliphatic heterocycles. The Kier molecular flexibility index (Phi) is 6.46.